The Morgan fingerprint density at radius 2 is 2.36 bits per heavy atom. The third-order valence-corrected chi connectivity index (χ3v) is 3.16. The van der Waals surface area contributed by atoms with Crippen molar-refractivity contribution in [3.05, 3.63) is 0 Å². The van der Waals surface area contributed by atoms with E-state index in [9.17, 15) is 4.79 Å². The summed E-state index contributed by atoms with van der Waals surface area (Å²) in [5.74, 6) is 1.21. The molecule has 2 nitrogen and oxygen atoms in total. The number of hydrogen-bond acceptors (Lipinski definition) is 2. The van der Waals surface area contributed by atoms with Gasteiger partial charge >= 0.3 is 0 Å². The largest absolute Gasteiger partial charge is 0.316 e. The summed E-state index contributed by atoms with van der Waals surface area (Å²) in [5.41, 5.74) is 0.662. The normalized spacial score (nSPS) is 31.5. The second kappa shape index (κ2) is 2.31. The van der Waals surface area contributed by atoms with Crippen LogP contribution in [0.5, 0.6) is 0 Å². The van der Waals surface area contributed by atoms with Gasteiger partial charge in [-0.15, -0.1) is 0 Å². The molecule has 1 aliphatic heterocycles. The zero-order valence-electron chi connectivity index (χ0n) is 7.02. The fourth-order valence-electron chi connectivity index (χ4n) is 2.10. The zero-order valence-corrected chi connectivity index (χ0v) is 7.02. The van der Waals surface area contributed by atoms with E-state index in [0.29, 0.717) is 11.2 Å². The van der Waals surface area contributed by atoms with E-state index in [1.807, 2.05) is 0 Å². The van der Waals surface area contributed by atoms with Gasteiger partial charge < -0.3 is 10.1 Å². The Balaban J connectivity index is 1.71. The average molecular weight is 153 g/mol. The van der Waals surface area contributed by atoms with Gasteiger partial charge in [0.2, 0.25) is 0 Å². The van der Waals surface area contributed by atoms with Crippen LogP contribution in [0.25, 0.3) is 0 Å². The molecule has 1 saturated heterocycles. The second-order valence-electron chi connectivity index (χ2n) is 4.11. The summed E-state index contributed by atoms with van der Waals surface area (Å²) in [6, 6.07) is 0. The number of rotatable bonds is 3. The van der Waals surface area contributed by atoms with Crippen molar-refractivity contribution >= 4 is 5.78 Å². The predicted molar refractivity (Wildman–Crippen MR) is 43.3 cm³/mol. The van der Waals surface area contributed by atoms with Crippen LogP contribution in [-0.4, -0.2) is 18.9 Å². The Kier molecular flexibility index (Phi) is 1.53. The van der Waals surface area contributed by atoms with Crippen molar-refractivity contribution in [2.75, 3.05) is 13.1 Å². The SMILES string of the molecule is CC(=O)CCC1CC12CNC2. The highest BCUT2D eigenvalue weighted by atomic mass is 16.1. The number of carbonyl (C=O) groups excluding carboxylic acids is 1. The third-order valence-electron chi connectivity index (χ3n) is 3.16. The van der Waals surface area contributed by atoms with Crippen LogP contribution in [0.1, 0.15) is 26.2 Å². The number of Topliss-reactive ketones (excluding diaryl/α,β-unsaturated/α-hetero) is 1. The molecule has 1 heterocycles. The van der Waals surface area contributed by atoms with E-state index in [0.717, 1.165) is 18.8 Å². The molecule has 0 bridgehead atoms. The van der Waals surface area contributed by atoms with Gasteiger partial charge in [0, 0.05) is 19.5 Å². The summed E-state index contributed by atoms with van der Waals surface area (Å²) in [7, 11) is 0. The molecule has 11 heavy (non-hydrogen) atoms. The number of ketones is 1. The molecule has 2 rings (SSSR count). The van der Waals surface area contributed by atoms with Crippen molar-refractivity contribution in [1.29, 1.82) is 0 Å². The van der Waals surface area contributed by atoms with Crippen molar-refractivity contribution in [3.63, 3.8) is 0 Å². The first-order chi connectivity index (χ1) is 5.23. The molecule has 0 amide bonds. The van der Waals surface area contributed by atoms with Gasteiger partial charge in [-0.1, -0.05) is 0 Å². The van der Waals surface area contributed by atoms with Crippen LogP contribution in [0, 0.1) is 11.3 Å². The molecule has 1 spiro atoms. The molecule has 1 unspecified atom stereocenters. The van der Waals surface area contributed by atoms with Gasteiger partial charge in [0.05, 0.1) is 0 Å². The second-order valence-corrected chi connectivity index (χ2v) is 4.11. The lowest BCUT2D eigenvalue weighted by atomic mass is 9.94. The third kappa shape index (κ3) is 1.20. The van der Waals surface area contributed by atoms with Gasteiger partial charge in [-0.2, -0.15) is 0 Å². The lowest BCUT2D eigenvalue weighted by Crippen LogP contribution is -2.45. The summed E-state index contributed by atoms with van der Waals surface area (Å²) in [5, 5.41) is 3.30. The Bertz CT molecular complexity index is 184. The van der Waals surface area contributed by atoms with Crippen LogP contribution in [0.2, 0.25) is 0 Å². The molecule has 2 heteroatoms. The molecular formula is C9H15NO. The zero-order chi connectivity index (χ0) is 7.90. The molecule has 0 aromatic carbocycles. The molecule has 0 aromatic heterocycles. The summed E-state index contributed by atoms with van der Waals surface area (Å²) in [4.78, 5) is 10.7. The Labute approximate surface area is 67.4 Å². The average Bonchev–Trinajstić information content (AvgIpc) is 2.55. The topological polar surface area (TPSA) is 29.1 Å². The van der Waals surface area contributed by atoms with Gasteiger partial charge in [0.25, 0.3) is 0 Å². The fraction of sp³-hybridized carbons (Fsp3) is 0.889. The van der Waals surface area contributed by atoms with Crippen LogP contribution < -0.4 is 5.32 Å². The highest BCUT2D eigenvalue weighted by Crippen LogP contribution is 2.57. The monoisotopic (exact) mass is 153 g/mol. The van der Waals surface area contributed by atoms with Crippen molar-refractivity contribution < 1.29 is 4.79 Å². The van der Waals surface area contributed by atoms with Crippen LogP contribution in [0.3, 0.4) is 0 Å². The molecule has 1 saturated carbocycles. The van der Waals surface area contributed by atoms with Gasteiger partial charge in [-0.05, 0) is 31.1 Å². The quantitative estimate of drug-likeness (QED) is 0.654. The maximum Gasteiger partial charge on any atom is 0.129 e. The van der Waals surface area contributed by atoms with E-state index in [-0.39, 0.29) is 0 Å². The molecule has 0 radical (unpaired) electrons. The van der Waals surface area contributed by atoms with Crippen LogP contribution in [0.4, 0.5) is 0 Å². The predicted octanol–water partition coefficient (Wildman–Crippen LogP) is 0.965. The Hall–Kier alpha value is -0.370. The van der Waals surface area contributed by atoms with Gasteiger partial charge in [-0.3, -0.25) is 0 Å². The molecular weight excluding hydrogens is 138 g/mol. The fourth-order valence-corrected chi connectivity index (χ4v) is 2.10. The van der Waals surface area contributed by atoms with Gasteiger partial charge in [0.15, 0.2) is 0 Å². The van der Waals surface area contributed by atoms with Gasteiger partial charge in [-0.25, -0.2) is 0 Å². The van der Waals surface area contributed by atoms with E-state index in [1.165, 1.54) is 19.5 Å². The maximum absolute atomic E-state index is 10.7. The summed E-state index contributed by atoms with van der Waals surface area (Å²) in [6.45, 7) is 4.10. The molecule has 2 aliphatic rings. The lowest BCUT2D eigenvalue weighted by molar-refractivity contribution is -0.117. The van der Waals surface area contributed by atoms with Gasteiger partial charge in [0.1, 0.15) is 5.78 Å². The molecule has 0 aromatic rings. The Morgan fingerprint density at radius 1 is 1.64 bits per heavy atom. The van der Waals surface area contributed by atoms with Crippen molar-refractivity contribution in [1.82, 2.24) is 5.32 Å². The van der Waals surface area contributed by atoms with E-state index in [4.69, 9.17) is 0 Å². The smallest absolute Gasteiger partial charge is 0.129 e. The van der Waals surface area contributed by atoms with Crippen LogP contribution >= 0.6 is 0 Å². The molecule has 1 aliphatic carbocycles. The highest BCUT2D eigenvalue weighted by molar-refractivity contribution is 5.75. The summed E-state index contributed by atoms with van der Waals surface area (Å²) >= 11 is 0. The maximum atomic E-state index is 10.7. The minimum absolute atomic E-state index is 0.347. The summed E-state index contributed by atoms with van der Waals surface area (Å²) in [6.07, 6.45) is 3.30. The minimum Gasteiger partial charge on any atom is -0.316 e. The van der Waals surface area contributed by atoms with E-state index < -0.39 is 0 Å². The summed E-state index contributed by atoms with van der Waals surface area (Å²) < 4.78 is 0. The number of hydrogen-bond donors (Lipinski definition) is 1. The number of carbonyl (C=O) groups is 1. The highest BCUT2D eigenvalue weighted by Gasteiger charge is 2.56. The minimum atomic E-state index is 0.347. The first kappa shape index (κ1) is 7.29. The van der Waals surface area contributed by atoms with Crippen molar-refractivity contribution in [2.45, 2.75) is 26.2 Å². The first-order valence-corrected chi connectivity index (χ1v) is 4.43. The van der Waals surface area contributed by atoms with Crippen LogP contribution in [-0.2, 0) is 4.79 Å². The van der Waals surface area contributed by atoms with E-state index >= 15 is 0 Å². The Morgan fingerprint density at radius 3 is 2.73 bits per heavy atom. The standard InChI is InChI=1S/C9H15NO/c1-7(11)2-3-8-4-9(8)5-10-6-9/h8,10H,2-6H2,1H3. The molecule has 2 fully saturated rings. The lowest BCUT2D eigenvalue weighted by Gasteiger charge is -2.28. The first-order valence-electron chi connectivity index (χ1n) is 4.43. The molecule has 1 N–H and O–H groups in total. The van der Waals surface area contributed by atoms with Crippen LogP contribution in [0.15, 0.2) is 0 Å². The van der Waals surface area contributed by atoms with Crippen molar-refractivity contribution in [2.24, 2.45) is 11.3 Å². The molecule has 1 atom stereocenters. The van der Waals surface area contributed by atoms with E-state index in [2.05, 4.69) is 5.32 Å². The molecule has 62 valence electrons. The number of nitrogens with one attached hydrogen (secondary N) is 1. The van der Waals surface area contributed by atoms with Crippen molar-refractivity contribution in [3.8, 4) is 0 Å². The van der Waals surface area contributed by atoms with E-state index in [1.54, 1.807) is 6.92 Å².